The SMILES string of the molecule is COc1ccc(CNC(=O)N(CCN(C)C)Cc2ccc(C(=O)Cc3cscc3N)nc2)cc1. The highest BCUT2D eigenvalue weighted by molar-refractivity contribution is 7.08. The maximum absolute atomic E-state index is 12.9. The van der Waals surface area contributed by atoms with E-state index in [1.54, 1.807) is 24.3 Å². The van der Waals surface area contributed by atoms with Crippen molar-refractivity contribution < 1.29 is 14.3 Å². The molecule has 34 heavy (non-hydrogen) atoms. The Morgan fingerprint density at radius 2 is 1.79 bits per heavy atom. The third-order valence-corrected chi connectivity index (χ3v) is 6.13. The van der Waals surface area contributed by atoms with Crippen molar-refractivity contribution in [3.63, 3.8) is 0 Å². The number of benzene rings is 1. The fourth-order valence-electron chi connectivity index (χ4n) is 3.25. The molecule has 2 aromatic heterocycles. The molecular weight excluding hydrogens is 450 g/mol. The van der Waals surface area contributed by atoms with Crippen LogP contribution in [0.1, 0.15) is 27.2 Å². The number of carbonyl (C=O) groups excluding carboxylic acids is 2. The zero-order chi connectivity index (χ0) is 24.5. The number of hydrogen-bond donors (Lipinski definition) is 2. The van der Waals surface area contributed by atoms with Crippen molar-refractivity contribution in [3.8, 4) is 5.75 Å². The van der Waals surface area contributed by atoms with Gasteiger partial charge in [-0.1, -0.05) is 18.2 Å². The number of hydrogen-bond acceptors (Lipinski definition) is 7. The number of nitrogens with zero attached hydrogens (tertiary/aromatic N) is 3. The Morgan fingerprint density at radius 1 is 1.06 bits per heavy atom. The van der Waals surface area contributed by atoms with Crippen molar-refractivity contribution in [1.82, 2.24) is 20.1 Å². The smallest absolute Gasteiger partial charge is 0.318 e. The van der Waals surface area contributed by atoms with Gasteiger partial charge in [0.1, 0.15) is 11.4 Å². The van der Waals surface area contributed by atoms with Crippen molar-refractivity contribution in [2.45, 2.75) is 19.5 Å². The molecule has 3 aromatic rings. The molecule has 2 amide bonds. The average Bonchev–Trinajstić information content (AvgIpc) is 3.24. The van der Waals surface area contributed by atoms with Crippen LogP contribution in [0.25, 0.3) is 0 Å². The zero-order valence-corrected chi connectivity index (χ0v) is 20.6. The van der Waals surface area contributed by atoms with Crippen LogP contribution in [-0.4, -0.2) is 60.9 Å². The molecule has 0 saturated heterocycles. The molecular formula is C25H31N5O3S. The van der Waals surface area contributed by atoms with E-state index in [-0.39, 0.29) is 18.2 Å². The third-order valence-electron chi connectivity index (χ3n) is 5.32. The number of Topliss-reactive ketones (excluding diaryl/α,β-unsaturated/α-hetero) is 1. The molecule has 0 aliphatic carbocycles. The Bertz CT molecular complexity index is 1080. The standard InChI is InChI=1S/C25H31N5O3S/c1-29(2)10-11-30(25(32)28-13-18-4-7-21(33-3)8-5-18)15-19-6-9-23(27-14-19)24(31)12-20-16-34-17-22(20)26/h4-9,14,16-17H,10-13,15,26H2,1-3H3,(H,28,32). The Morgan fingerprint density at radius 3 is 2.38 bits per heavy atom. The van der Waals surface area contributed by atoms with Crippen molar-refractivity contribution in [2.75, 3.05) is 40.0 Å². The number of pyridine rings is 1. The van der Waals surface area contributed by atoms with E-state index in [4.69, 9.17) is 10.5 Å². The number of aromatic nitrogens is 1. The Labute approximate surface area is 204 Å². The number of nitrogens with one attached hydrogen (secondary N) is 1. The van der Waals surface area contributed by atoms with Gasteiger partial charge in [-0.25, -0.2) is 4.79 Å². The minimum Gasteiger partial charge on any atom is -0.497 e. The average molecular weight is 482 g/mol. The topological polar surface area (TPSA) is 101 Å². The number of rotatable bonds is 11. The first kappa shape index (κ1) is 25.2. The zero-order valence-electron chi connectivity index (χ0n) is 19.8. The molecule has 3 rings (SSSR count). The first-order valence-electron chi connectivity index (χ1n) is 10.9. The van der Waals surface area contributed by atoms with Gasteiger partial charge in [0.15, 0.2) is 5.78 Å². The van der Waals surface area contributed by atoms with E-state index in [0.717, 1.165) is 29.0 Å². The monoisotopic (exact) mass is 481 g/mol. The van der Waals surface area contributed by atoms with Crippen LogP contribution in [-0.2, 0) is 19.5 Å². The molecule has 0 aliphatic heterocycles. The number of thiophene rings is 1. The van der Waals surface area contributed by atoms with E-state index in [0.29, 0.717) is 31.0 Å². The van der Waals surface area contributed by atoms with Gasteiger partial charge < -0.3 is 25.6 Å². The summed E-state index contributed by atoms with van der Waals surface area (Å²) in [6, 6.07) is 11.0. The highest BCUT2D eigenvalue weighted by atomic mass is 32.1. The van der Waals surface area contributed by atoms with Gasteiger partial charge in [0, 0.05) is 49.9 Å². The molecule has 3 N–H and O–H groups in total. The van der Waals surface area contributed by atoms with Crippen LogP contribution in [0.3, 0.4) is 0 Å². The first-order chi connectivity index (χ1) is 16.4. The minimum absolute atomic E-state index is 0.0849. The summed E-state index contributed by atoms with van der Waals surface area (Å²) in [4.78, 5) is 33.6. The van der Waals surface area contributed by atoms with E-state index in [1.807, 2.05) is 60.1 Å². The highest BCUT2D eigenvalue weighted by Gasteiger charge is 2.16. The maximum atomic E-state index is 12.9. The van der Waals surface area contributed by atoms with E-state index in [1.165, 1.54) is 11.3 Å². The minimum atomic E-state index is -0.161. The van der Waals surface area contributed by atoms with E-state index in [2.05, 4.69) is 10.3 Å². The predicted molar refractivity (Wildman–Crippen MR) is 135 cm³/mol. The molecule has 2 heterocycles. The summed E-state index contributed by atoms with van der Waals surface area (Å²) in [5.41, 5.74) is 9.56. The fraction of sp³-hybridized carbons (Fsp3) is 0.320. The van der Waals surface area contributed by atoms with Gasteiger partial charge in [-0.2, -0.15) is 0 Å². The second kappa shape index (κ2) is 12.2. The van der Waals surface area contributed by atoms with Crippen molar-refractivity contribution in [3.05, 3.63) is 75.7 Å². The molecule has 0 radical (unpaired) electrons. The summed E-state index contributed by atoms with van der Waals surface area (Å²) in [5.74, 6) is 0.689. The van der Waals surface area contributed by atoms with Crippen LogP contribution in [0.15, 0.2) is 53.4 Å². The second-order valence-corrected chi connectivity index (χ2v) is 8.98. The Hall–Kier alpha value is -3.43. The Balaban J connectivity index is 1.61. The molecule has 0 bridgehead atoms. The van der Waals surface area contributed by atoms with Gasteiger partial charge in [0.25, 0.3) is 0 Å². The van der Waals surface area contributed by atoms with Crippen molar-refractivity contribution in [2.24, 2.45) is 0 Å². The maximum Gasteiger partial charge on any atom is 0.318 e. The summed E-state index contributed by atoms with van der Waals surface area (Å²) >= 11 is 1.48. The normalized spacial score (nSPS) is 10.8. The molecule has 0 unspecified atom stereocenters. The summed E-state index contributed by atoms with van der Waals surface area (Å²) in [6.45, 7) is 2.08. The molecule has 9 heteroatoms. The molecule has 0 spiro atoms. The number of urea groups is 1. The lowest BCUT2D eigenvalue weighted by molar-refractivity contribution is 0.0988. The number of carbonyl (C=O) groups is 2. The van der Waals surface area contributed by atoms with Crippen LogP contribution in [0, 0.1) is 0 Å². The van der Waals surface area contributed by atoms with Gasteiger partial charge in [-0.05, 0) is 54.4 Å². The third kappa shape index (κ3) is 7.29. The lowest BCUT2D eigenvalue weighted by atomic mass is 10.1. The quantitative estimate of drug-likeness (QED) is 0.407. The number of anilines is 1. The summed E-state index contributed by atoms with van der Waals surface area (Å²) in [6.07, 6.45) is 1.88. The fourth-order valence-corrected chi connectivity index (χ4v) is 4.00. The molecule has 0 atom stereocenters. The van der Waals surface area contributed by atoms with Crippen molar-refractivity contribution in [1.29, 1.82) is 0 Å². The van der Waals surface area contributed by atoms with Gasteiger partial charge in [-0.3, -0.25) is 9.78 Å². The number of amides is 2. The number of ketones is 1. The number of likely N-dealkylation sites (N-methyl/N-ethyl adjacent to an activating group) is 1. The van der Waals surface area contributed by atoms with Gasteiger partial charge >= 0.3 is 6.03 Å². The predicted octanol–water partition coefficient (Wildman–Crippen LogP) is 3.43. The van der Waals surface area contributed by atoms with E-state index in [9.17, 15) is 9.59 Å². The van der Waals surface area contributed by atoms with Gasteiger partial charge in [0.05, 0.1) is 7.11 Å². The summed E-state index contributed by atoms with van der Waals surface area (Å²) in [7, 11) is 5.56. The first-order valence-corrected chi connectivity index (χ1v) is 11.9. The summed E-state index contributed by atoms with van der Waals surface area (Å²) in [5, 5.41) is 6.69. The van der Waals surface area contributed by atoms with Crippen LogP contribution >= 0.6 is 11.3 Å². The molecule has 0 aliphatic rings. The Kier molecular flexibility index (Phi) is 9.00. The van der Waals surface area contributed by atoms with Crippen molar-refractivity contribution >= 4 is 28.8 Å². The van der Waals surface area contributed by atoms with Crippen LogP contribution < -0.4 is 15.8 Å². The van der Waals surface area contributed by atoms with Crippen LogP contribution in [0.4, 0.5) is 10.5 Å². The largest absolute Gasteiger partial charge is 0.497 e. The number of ether oxygens (including phenoxy) is 1. The number of nitrogens with two attached hydrogens (primary N) is 1. The summed E-state index contributed by atoms with van der Waals surface area (Å²) < 4.78 is 5.18. The lowest BCUT2D eigenvalue weighted by Crippen LogP contribution is -2.42. The number of nitrogen functional groups attached to an aromatic ring is 1. The molecule has 0 fully saturated rings. The van der Waals surface area contributed by atoms with E-state index < -0.39 is 0 Å². The van der Waals surface area contributed by atoms with Crippen LogP contribution in [0.2, 0.25) is 0 Å². The second-order valence-electron chi connectivity index (χ2n) is 8.24. The lowest BCUT2D eigenvalue weighted by Gasteiger charge is -2.25. The molecule has 8 nitrogen and oxygen atoms in total. The van der Waals surface area contributed by atoms with Gasteiger partial charge in [-0.15, -0.1) is 11.3 Å². The van der Waals surface area contributed by atoms with Gasteiger partial charge in [0.2, 0.25) is 0 Å². The van der Waals surface area contributed by atoms with Crippen LogP contribution in [0.5, 0.6) is 5.75 Å². The number of methoxy groups -OCH3 is 1. The molecule has 1 aromatic carbocycles. The van der Waals surface area contributed by atoms with E-state index >= 15 is 0 Å². The highest BCUT2D eigenvalue weighted by Crippen LogP contribution is 2.19. The molecule has 180 valence electrons. The molecule has 0 saturated carbocycles.